The van der Waals surface area contributed by atoms with E-state index in [-0.39, 0.29) is 5.75 Å². The van der Waals surface area contributed by atoms with Crippen LogP contribution in [-0.2, 0) is 4.79 Å². The van der Waals surface area contributed by atoms with Crippen LogP contribution in [0.25, 0.3) is 0 Å². The molecule has 0 unspecified atom stereocenters. The van der Waals surface area contributed by atoms with Crippen LogP contribution >= 0.6 is 0 Å². The van der Waals surface area contributed by atoms with Crippen molar-refractivity contribution in [1.29, 1.82) is 0 Å². The summed E-state index contributed by atoms with van der Waals surface area (Å²) in [5.74, 6) is 0.0830. The number of halogens is 3. The SMILES string of the molecule is Cc1cc(OCC(F)(F)F)ccc1N=C=O. The molecule has 0 fully saturated rings. The van der Waals surface area contributed by atoms with E-state index in [1.165, 1.54) is 24.3 Å². The van der Waals surface area contributed by atoms with Gasteiger partial charge in [0, 0.05) is 0 Å². The van der Waals surface area contributed by atoms with Crippen molar-refractivity contribution in [3.8, 4) is 5.75 Å². The topological polar surface area (TPSA) is 38.7 Å². The first-order chi connectivity index (χ1) is 7.42. The lowest BCUT2D eigenvalue weighted by atomic mass is 10.2. The van der Waals surface area contributed by atoms with Crippen molar-refractivity contribution in [2.24, 2.45) is 4.99 Å². The number of benzene rings is 1. The second-order valence-corrected chi connectivity index (χ2v) is 3.06. The summed E-state index contributed by atoms with van der Waals surface area (Å²) in [7, 11) is 0. The van der Waals surface area contributed by atoms with Gasteiger partial charge in [-0.1, -0.05) is 0 Å². The van der Waals surface area contributed by atoms with Crippen LogP contribution < -0.4 is 4.74 Å². The number of hydrogen-bond donors (Lipinski definition) is 0. The molecule has 1 aromatic carbocycles. The van der Waals surface area contributed by atoms with Crippen molar-refractivity contribution in [3.05, 3.63) is 23.8 Å². The van der Waals surface area contributed by atoms with Gasteiger partial charge in [0.15, 0.2) is 6.61 Å². The van der Waals surface area contributed by atoms with Crippen LogP contribution in [0, 0.1) is 6.92 Å². The number of isocyanates is 1. The van der Waals surface area contributed by atoms with Crippen LogP contribution in [0.5, 0.6) is 5.75 Å². The van der Waals surface area contributed by atoms with Crippen molar-refractivity contribution in [3.63, 3.8) is 0 Å². The zero-order valence-corrected chi connectivity index (χ0v) is 8.34. The first-order valence-corrected chi connectivity index (χ1v) is 4.30. The minimum atomic E-state index is -4.37. The minimum absolute atomic E-state index is 0.0830. The van der Waals surface area contributed by atoms with Gasteiger partial charge in [-0.05, 0) is 30.7 Å². The smallest absolute Gasteiger partial charge is 0.422 e. The average molecular weight is 231 g/mol. The minimum Gasteiger partial charge on any atom is -0.484 e. The maximum absolute atomic E-state index is 11.8. The third-order valence-electron chi connectivity index (χ3n) is 1.74. The standard InChI is InChI=1S/C10H8F3NO2/c1-7-4-8(16-5-10(11,12)13)2-3-9(7)14-6-15/h2-4H,5H2,1H3. The molecule has 0 aliphatic rings. The van der Waals surface area contributed by atoms with E-state index in [4.69, 9.17) is 0 Å². The Labute approximate surface area is 89.6 Å². The van der Waals surface area contributed by atoms with E-state index in [9.17, 15) is 18.0 Å². The molecule has 0 spiro atoms. The monoisotopic (exact) mass is 231 g/mol. The van der Waals surface area contributed by atoms with Gasteiger partial charge in [-0.2, -0.15) is 18.2 Å². The van der Waals surface area contributed by atoms with Crippen LogP contribution in [-0.4, -0.2) is 18.9 Å². The lowest BCUT2D eigenvalue weighted by molar-refractivity contribution is -0.153. The number of carbonyl (C=O) groups excluding carboxylic acids is 1. The Morgan fingerprint density at radius 3 is 2.62 bits per heavy atom. The molecule has 0 aliphatic carbocycles. The van der Waals surface area contributed by atoms with Gasteiger partial charge in [-0.15, -0.1) is 0 Å². The number of rotatable bonds is 3. The fraction of sp³-hybridized carbons (Fsp3) is 0.300. The molecule has 1 aromatic rings. The van der Waals surface area contributed by atoms with Crippen molar-refractivity contribution in [1.82, 2.24) is 0 Å². The van der Waals surface area contributed by atoms with Crippen LogP contribution in [0.4, 0.5) is 18.9 Å². The summed E-state index contributed by atoms with van der Waals surface area (Å²) in [5, 5.41) is 0. The highest BCUT2D eigenvalue weighted by molar-refractivity contribution is 5.55. The van der Waals surface area contributed by atoms with E-state index in [1.807, 2.05) is 0 Å². The number of alkyl halides is 3. The van der Waals surface area contributed by atoms with Crippen molar-refractivity contribution in [2.45, 2.75) is 13.1 Å². The van der Waals surface area contributed by atoms with Crippen LogP contribution in [0.2, 0.25) is 0 Å². The van der Waals surface area contributed by atoms with Crippen LogP contribution in [0.1, 0.15) is 5.56 Å². The fourth-order valence-electron chi connectivity index (χ4n) is 1.06. The Hall–Kier alpha value is -1.81. The molecule has 0 saturated heterocycles. The lowest BCUT2D eigenvalue weighted by Gasteiger charge is -2.09. The van der Waals surface area contributed by atoms with Crippen molar-refractivity contribution >= 4 is 11.8 Å². The van der Waals surface area contributed by atoms with Gasteiger partial charge < -0.3 is 4.74 Å². The normalized spacial score (nSPS) is 10.8. The van der Waals surface area contributed by atoms with Crippen molar-refractivity contribution in [2.75, 3.05) is 6.61 Å². The summed E-state index contributed by atoms with van der Waals surface area (Å²) in [4.78, 5) is 13.4. The highest BCUT2D eigenvalue weighted by Crippen LogP contribution is 2.24. The van der Waals surface area contributed by atoms with E-state index < -0.39 is 12.8 Å². The molecule has 1 rings (SSSR count). The summed E-state index contributed by atoms with van der Waals surface area (Å²) in [6.45, 7) is 0.263. The molecule has 3 nitrogen and oxygen atoms in total. The van der Waals surface area contributed by atoms with Crippen molar-refractivity contribution < 1.29 is 22.7 Å². The summed E-state index contributed by atoms with van der Waals surface area (Å²) < 4.78 is 40.1. The van der Waals surface area contributed by atoms with Gasteiger partial charge in [0.2, 0.25) is 6.08 Å². The van der Waals surface area contributed by atoms with Gasteiger partial charge >= 0.3 is 6.18 Å². The Morgan fingerprint density at radius 2 is 2.12 bits per heavy atom. The van der Waals surface area contributed by atoms with E-state index >= 15 is 0 Å². The van der Waals surface area contributed by atoms with E-state index in [1.54, 1.807) is 6.92 Å². The summed E-state index contributed by atoms with van der Waals surface area (Å²) in [6.07, 6.45) is -3.01. The first kappa shape index (κ1) is 12.3. The molecule has 0 atom stereocenters. The lowest BCUT2D eigenvalue weighted by Crippen LogP contribution is -2.19. The predicted octanol–water partition coefficient (Wildman–Crippen LogP) is 2.90. The third kappa shape index (κ3) is 3.74. The Bertz CT molecular complexity index is 423. The van der Waals surface area contributed by atoms with Gasteiger partial charge in [0.1, 0.15) is 5.75 Å². The molecule has 0 bridgehead atoms. The molecule has 16 heavy (non-hydrogen) atoms. The second-order valence-electron chi connectivity index (χ2n) is 3.06. The van der Waals surface area contributed by atoms with Crippen LogP contribution in [0.15, 0.2) is 23.2 Å². The summed E-state index contributed by atoms with van der Waals surface area (Å²) in [6, 6.07) is 4.09. The molecule has 0 N–H and O–H groups in total. The Morgan fingerprint density at radius 1 is 1.44 bits per heavy atom. The fourth-order valence-corrected chi connectivity index (χ4v) is 1.06. The molecular weight excluding hydrogens is 223 g/mol. The molecule has 0 aromatic heterocycles. The zero-order chi connectivity index (χ0) is 12.2. The molecule has 0 radical (unpaired) electrons. The predicted molar refractivity (Wildman–Crippen MR) is 50.5 cm³/mol. The number of aliphatic imine (C=N–C) groups is 1. The maximum atomic E-state index is 11.8. The number of hydrogen-bond acceptors (Lipinski definition) is 3. The molecular formula is C10H8F3NO2. The molecule has 86 valence electrons. The Kier molecular flexibility index (Phi) is 3.68. The van der Waals surface area contributed by atoms with Gasteiger partial charge in [-0.3, -0.25) is 0 Å². The number of nitrogens with zero attached hydrogens (tertiary/aromatic N) is 1. The van der Waals surface area contributed by atoms with E-state index in [0.29, 0.717) is 11.3 Å². The molecule has 6 heteroatoms. The third-order valence-corrected chi connectivity index (χ3v) is 1.74. The largest absolute Gasteiger partial charge is 0.484 e. The summed E-state index contributed by atoms with van der Waals surface area (Å²) in [5.41, 5.74) is 0.900. The highest BCUT2D eigenvalue weighted by Gasteiger charge is 2.28. The maximum Gasteiger partial charge on any atom is 0.422 e. The zero-order valence-electron chi connectivity index (χ0n) is 8.34. The number of aryl methyl sites for hydroxylation is 1. The molecule has 0 amide bonds. The molecule has 0 saturated carbocycles. The Balaban J connectivity index is 2.77. The van der Waals surface area contributed by atoms with Gasteiger partial charge in [-0.25, -0.2) is 4.79 Å². The molecule has 0 heterocycles. The van der Waals surface area contributed by atoms with Crippen LogP contribution in [0.3, 0.4) is 0 Å². The first-order valence-electron chi connectivity index (χ1n) is 4.30. The van der Waals surface area contributed by atoms with Gasteiger partial charge in [0.05, 0.1) is 5.69 Å². The van der Waals surface area contributed by atoms with E-state index in [2.05, 4.69) is 9.73 Å². The number of ether oxygens (including phenoxy) is 1. The molecule has 0 aliphatic heterocycles. The van der Waals surface area contributed by atoms with E-state index in [0.717, 1.165) is 0 Å². The van der Waals surface area contributed by atoms with Gasteiger partial charge in [0.25, 0.3) is 0 Å². The average Bonchev–Trinajstić information content (AvgIpc) is 2.18. The second kappa shape index (κ2) is 4.81. The quantitative estimate of drug-likeness (QED) is 0.592. The summed E-state index contributed by atoms with van der Waals surface area (Å²) >= 11 is 0. The highest BCUT2D eigenvalue weighted by atomic mass is 19.4.